The summed E-state index contributed by atoms with van der Waals surface area (Å²) in [5.74, 6) is 1.29. The molecule has 3 atom stereocenters. The van der Waals surface area contributed by atoms with Gasteiger partial charge >= 0.3 is 5.97 Å². The van der Waals surface area contributed by atoms with Crippen LogP contribution in [0.25, 0.3) is 0 Å². The van der Waals surface area contributed by atoms with Crippen LogP contribution in [-0.4, -0.2) is 24.8 Å². The summed E-state index contributed by atoms with van der Waals surface area (Å²) in [6, 6.07) is 8.39. The van der Waals surface area contributed by atoms with E-state index in [4.69, 9.17) is 4.74 Å². The number of rotatable bonds is 13. The first kappa shape index (κ1) is 27.1. The zero-order valence-corrected chi connectivity index (χ0v) is 21.2. The Labute approximate surface area is 191 Å². The van der Waals surface area contributed by atoms with E-state index < -0.39 is 6.04 Å². The summed E-state index contributed by atoms with van der Waals surface area (Å²) in [7, 11) is 0. The van der Waals surface area contributed by atoms with Crippen LogP contribution in [0.3, 0.4) is 0 Å². The van der Waals surface area contributed by atoms with Crippen molar-refractivity contribution in [3.63, 3.8) is 0 Å². The fourth-order valence-corrected chi connectivity index (χ4v) is 3.45. The average molecular weight is 428 g/mol. The summed E-state index contributed by atoms with van der Waals surface area (Å²) in [4.78, 5) is 17.2. The Kier molecular flexibility index (Phi) is 12.4. The molecular weight excluding hydrogens is 382 g/mol. The van der Waals surface area contributed by atoms with E-state index in [0.717, 1.165) is 25.7 Å². The molecule has 3 unspecified atom stereocenters. The summed E-state index contributed by atoms with van der Waals surface area (Å²) in [6.07, 6.45) is 8.25. The molecule has 1 rings (SSSR count). The monoisotopic (exact) mass is 427 g/mol. The van der Waals surface area contributed by atoms with Gasteiger partial charge < -0.3 is 4.74 Å². The van der Waals surface area contributed by atoms with Gasteiger partial charge in [-0.15, -0.1) is 0 Å². The molecule has 0 aliphatic rings. The van der Waals surface area contributed by atoms with E-state index in [0.29, 0.717) is 18.4 Å². The molecule has 1 aromatic carbocycles. The zero-order valence-electron chi connectivity index (χ0n) is 21.2. The average Bonchev–Trinajstić information content (AvgIpc) is 2.68. The quantitative estimate of drug-likeness (QED) is 0.187. The number of hydrogen-bond donors (Lipinski definition) is 0. The largest absolute Gasteiger partial charge is 0.464 e. The Morgan fingerprint density at radius 2 is 1.65 bits per heavy atom. The molecule has 31 heavy (non-hydrogen) atoms. The number of esters is 1. The van der Waals surface area contributed by atoms with Crippen molar-refractivity contribution >= 4 is 12.2 Å². The Bertz CT molecular complexity index is 696. The van der Waals surface area contributed by atoms with Crippen LogP contribution in [0, 0.1) is 17.8 Å². The van der Waals surface area contributed by atoms with Crippen molar-refractivity contribution in [2.24, 2.45) is 22.7 Å². The van der Waals surface area contributed by atoms with Crippen LogP contribution in [0.1, 0.15) is 91.7 Å². The van der Waals surface area contributed by atoms with Crippen molar-refractivity contribution in [1.82, 2.24) is 0 Å². The van der Waals surface area contributed by atoms with Gasteiger partial charge in [0.05, 0.1) is 6.61 Å². The highest BCUT2D eigenvalue weighted by Gasteiger charge is 2.22. The zero-order chi connectivity index (χ0) is 23.4. The number of aliphatic imine (C=N–C) groups is 1. The van der Waals surface area contributed by atoms with Crippen molar-refractivity contribution in [2.45, 2.75) is 93.0 Å². The number of allylic oxidation sites excluding steroid dienone is 2. The van der Waals surface area contributed by atoms with Gasteiger partial charge in [0, 0.05) is 6.21 Å². The molecule has 0 bridgehead atoms. The lowest BCUT2D eigenvalue weighted by Gasteiger charge is -2.17. The van der Waals surface area contributed by atoms with Crippen LogP contribution in [0.4, 0.5) is 0 Å². The number of ether oxygens (including phenoxy) is 1. The van der Waals surface area contributed by atoms with Crippen LogP contribution in [0.5, 0.6) is 0 Å². The van der Waals surface area contributed by atoms with Gasteiger partial charge in [0.2, 0.25) is 0 Å². The SMILES string of the molecule is CC(C)=CCCC(C)CCOC(=O)C(/N=C/C(C)Cc1ccc(C(C)C)cc1)C(C)C. The number of carbonyl (C=O) groups is 1. The lowest BCUT2D eigenvalue weighted by atomic mass is 9.97. The number of carbonyl (C=O) groups excluding carboxylic acids is 1. The Morgan fingerprint density at radius 1 is 1.00 bits per heavy atom. The predicted molar refractivity (Wildman–Crippen MR) is 134 cm³/mol. The van der Waals surface area contributed by atoms with Crippen LogP contribution >= 0.6 is 0 Å². The normalized spacial score (nSPS) is 14.6. The molecule has 3 nitrogen and oxygen atoms in total. The Hall–Kier alpha value is -1.90. The number of benzene rings is 1. The van der Waals surface area contributed by atoms with Crippen molar-refractivity contribution in [3.8, 4) is 0 Å². The third-order valence-corrected chi connectivity index (χ3v) is 5.65. The van der Waals surface area contributed by atoms with Crippen molar-refractivity contribution in [1.29, 1.82) is 0 Å². The molecule has 0 aromatic heterocycles. The smallest absolute Gasteiger partial charge is 0.331 e. The van der Waals surface area contributed by atoms with Gasteiger partial charge in [-0.25, -0.2) is 4.79 Å². The fraction of sp³-hybridized carbons (Fsp3) is 0.643. The summed E-state index contributed by atoms with van der Waals surface area (Å²) in [5, 5.41) is 0. The van der Waals surface area contributed by atoms with Crippen LogP contribution in [0.2, 0.25) is 0 Å². The van der Waals surface area contributed by atoms with E-state index in [1.165, 1.54) is 16.7 Å². The van der Waals surface area contributed by atoms with E-state index in [-0.39, 0.29) is 17.8 Å². The van der Waals surface area contributed by atoms with Crippen LogP contribution in [-0.2, 0) is 16.0 Å². The minimum Gasteiger partial charge on any atom is -0.464 e. The van der Waals surface area contributed by atoms with E-state index in [1.54, 1.807) is 0 Å². The summed E-state index contributed by atoms with van der Waals surface area (Å²) >= 11 is 0. The lowest BCUT2D eigenvalue weighted by Crippen LogP contribution is -2.28. The second-order valence-electron chi connectivity index (χ2n) is 9.98. The van der Waals surface area contributed by atoms with Crippen molar-refractivity contribution in [3.05, 3.63) is 47.0 Å². The summed E-state index contributed by atoms with van der Waals surface area (Å²) in [5.41, 5.74) is 4.02. The molecule has 0 spiro atoms. The molecule has 0 heterocycles. The number of nitrogens with zero attached hydrogens (tertiary/aromatic N) is 1. The molecule has 0 saturated heterocycles. The molecule has 0 radical (unpaired) electrons. The van der Waals surface area contributed by atoms with Crippen LogP contribution < -0.4 is 0 Å². The first-order valence-electron chi connectivity index (χ1n) is 12.0. The molecule has 0 N–H and O–H groups in total. The molecule has 1 aromatic rings. The molecule has 174 valence electrons. The van der Waals surface area contributed by atoms with Gasteiger partial charge in [-0.2, -0.15) is 0 Å². The molecule has 0 aliphatic carbocycles. The first-order chi connectivity index (χ1) is 14.6. The highest BCUT2D eigenvalue weighted by Crippen LogP contribution is 2.17. The molecule has 0 aliphatic heterocycles. The third-order valence-electron chi connectivity index (χ3n) is 5.65. The second kappa shape index (κ2) is 14.2. The highest BCUT2D eigenvalue weighted by atomic mass is 16.5. The van der Waals surface area contributed by atoms with E-state index in [9.17, 15) is 4.79 Å². The second-order valence-corrected chi connectivity index (χ2v) is 9.98. The van der Waals surface area contributed by atoms with E-state index >= 15 is 0 Å². The maximum absolute atomic E-state index is 12.6. The molecular formula is C28H45NO2. The maximum Gasteiger partial charge on any atom is 0.331 e. The van der Waals surface area contributed by atoms with Gasteiger partial charge in [0.15, 0.2) is 0 Å². The molecule has 0 fully saturated rings. The van der Waals surface area contributed by atoms with Gasteiger partial charge in [-0.1, -0.05) is 77.5 Å². The lowest BCUT2D eigenvalue weighted by molar-refractivity contribution is -0.146. The van der Waals surface area contributed by atoms with Crippen LogP contribution in [0.15, 0.2) is 40.9 Å². The Morgan fingerprint density at radius 3 is 2.19 bits per heavy atom. The first-order valence-corrected chi connectivity index (χ1v) is 12.0. The molecule has 0 saturated carbocycles. The van der Waals surface area contributed by atoms with Gasteiger partial charge in [0.25, 0.3) is 0 Å². The topological polar surface area (TPSA) is 38.7 Å². The molecule has 0 amide bonds. The maximum atomic E-state index is 12.6. The third kappa shape index (κ3) is 11.3. The minimum absolute atomic E-state index is 0.122. The van der Waals surface area contributed by atoms with E-state index in [2.05, 4.69) is 76.9 Å². The minimum atomic E-state index is -0.424. The van der Waals surface area contributed by atoms with Gasteiger partial charge in [0.1, 0.15) is 6.04 Å². The number of hydrogen-bond acceptors (Lipinski definition) is 3. The summed E-state index contributed by atoms with van der Waals surface area (Å²) in [6.45, 7) is 17.6. The predicted octanol–water partition coefficient (Wildman–Crippen LogP) is 7.40. The van der Waals surface area contributed by atoms with E-state index in [1.807, 2.05) is 20.1 Å². The summed E-state index contributed by atoms with van der Waals surface area (Å²) < 4.78 is 5.58. The van der Waals surface area contributed by atoms with Gasteiger partial charge in [-0.05, 0) is 74.3 Å². The fourth-order valence-electron chi connectivity index (χ4n) is 3.45. The highest BCUT2D eigenvalue weighted by molar-refractivity contribution is 5.78. The van der Waals surface area contributed by atoms with Crippen molar-refractivity contribution < 1.29 is 9.53 Å². The Balaban J connectivity index is 2.51. The van der Waals surface area contributed by atoms with Crippen molar-refractivity contribution in [2.75, 3.05) is 6.61 Å². The standard InChI is InChI=1S/C28H45NO2/c1-20(2)10-9-11-23(7)16-17-31-28(30)27(22(5)6)29-19-24(8)18-25-12-14-26(15-13-25)21(3)4/h10,12-15,19,21-24,27H,9,11,16-18H2,1-8H3/b29-19+. The van der Waals surface area contributed by atoms with Gasteiger partial charge in [-0.3, -0.25) is 4.99 Å². The molecule has 3 heteroatoms.